The molecular formula is C9H15N3O3PS+. The molecule has 0 saturated heterocycles. The number of fused-ring (bicyclic) bond motifs is 1. The molecule has 8 heteroatoms. The van der Waals surface area contributed by atoms with E-state index in [0.717, 1.165) is 4.96 Å². The van der Waals surface area contributed by atoms with Gasteiger partial charge in [-0.3, -0.25) is 4.57 Å². The Balaban J connectivity index is 2.52. The Morgan fingerprint density at radius 3 is 2.71 bits per heavy atom. The van der Waals surface area contributed by atoms with Crippen LogP contribution in [-0.2, 0) is 20.7 Å². The molecule has 0 aliphatic rings. The maximum Gasteiger partial charge on any atom is 0.397 e. The topological polar surface area (TPSA) is 56.7 Å². The number of thiazole rings is 1. The lowest BCUT2D eigenvalue weighted by molar-refractivity contribution is -0.643. The first kappa shape index (κ1) is 12.7. The minimum Gasteiger partial charge on any atom is -0.303 e. The van der Waals surface area contributed by atoms with E-state index in [1.165, 1.54) is 11.3 Å². The van der Waals surface area contributed by atoms with Gasteiger partial charge in [0.25, 0.3) is 6.33 Å². The van der Waals surface area contributed by atoms with Gasteiger partial charge in [0, 0.05) is 10.5 Å². The van der Waals surface area contributed by atoms with Crippen molar-refractivity contribution >= 4 is 29.3 Å². The summed E-state index contributed by atoms with van der Waals surface area (Å²) in [6.45, 7) is 4.25. The van der Waals surface area contributed by atoms with Gasteiger partial charge in [0.2, 0.25) is 5.44 Å². The molecule has 2 heterocycles. The standard InChI is InChI=1S/C9H15N3O3PS/c1-4-14-16(13,15-5-2)8-6-17-9-11(3)7-10-12(8)9/h6-7H,4-5H2,1-3H3/q+1. The summed E-state index contributed by atoms with van der Waals surface area (Å²) in [7, 11) is -1.37. The van der Waals surface area contributed by atoms with Crippen molar-refractivity contribution in [3.05, 3.63) is 11.7 Å². The normalized spacial score (nSPS) is 12.4. The lowest BCUT2D eigenvalue weighted by Gasteiger charge is -2.12. The highest BCUT2D eigenvalue weighted by molar-refractivity contribution is 7.62. The van der Waals surface area contributed by atoms with Crippen molar-refractivity contribution < 1.29 is 18.2 Å². The quantitative estimate of drug-likeness (QED) is 0.606. The van der Waals surface area contributed by atoms with Crippen molar-refractivity contribution in [2.45, 2.75) is 13.8 Å². The summed E-state index contributed by atoms with van der Waals surface area (Å²) < 4.78 is 26.7. The summed E-state index contributed by atoms with van der Waals surface area (Å²) in [6, 6.07) is 0. The molecule has 6 nitrogen and oxygen atoms in total. The van der Waals surface area contributed by atoms with Gasteiger partial charge in [0.1, 0.15) is 0 Å². The first-order valence-corrected chi connectivity index (χ1v) is 7.75. The second-order valence-electron chi connectivity index (χ2n) is 3.36. The number of hydrogen-bond acceptors (Lipinski definition) is 5. The zero-order valence-corrected chi connectivity index (χ0v) is 11.7. The van der Waals surface area contributed by atoms with E-state index in [4.69, 9.17) is 9.05 Å². The van der Waals surface area contributed by atoms with Crippen LogP contribution in [0.3, 0.4) is 0 Å². The van der Waals surface area contributed by atoms with Gasteiger partial charge in [-0.2, -0.15) is 0 Å². The summed E-state index contributed by atoms with van der Waals surface area (Å²) in [4.78, 5) is 0.889. The molecule has 0 aliphatic carbocycles. The Morgan fingerprint density at radius 2 is 2.12 bits per heavy atom. The average molecular weight is 276 g/mol. The van der Waals surface area contributed by atoms with E-state index in [-0.39, 0.29) is 0 Å². The van der Waals surface area contributed by atoms with Crippen molar-refractivity contribution in [2.75, 3.05) is 13.2 Å². The lowest BCUT2D eigenvalue weighted by atomic mass is 10.9. The van der Waals surface area contributed by atoms with Crippen LogP contribution in [0.1, 0.15) is 13.8 Å². The zero-order valence-electron chi connectivity index (χ0n) is 9.99. The third-order valence-electron chi connectivity index (χ3n) is 2.19. The number of aryl methyl sites for hydroxylation is 1. The van der Waals surface area contributed by atoms with Gasteiger partial charge in [0.15, 0.2) is 0 Å². The molecule has 0 N–H and O–H groups in total. The number of hydrogen-bond donors (Lipinski definition) is 0. The van der Waals surface area contributed by atoms with E-state index in [1.807, 2.05) is 11.6 Å². The average Bonchev–Trinajstić information content (AvgIpc) is 2.83. The van der Waals surface area contributed by atoms with Gasteiger partial charge in [0.05, 0.1) is 20.3 Å². The number of aromatic nitrogens is 3. The number of rotatable bonds is 5. The molecule has 0 bridgehead atoms. The zero-order chi connectivity index (χ0) is 12.5. The highest BCUT2D eigenvalue weighted by Crippen LogP contribution is 2.47. The van der Waals surface area contributed by atoms with Crippen LogP contribution in [-0.4, -0.2) is 22.8 Å². The van der Waals surface area contributed by atoms with E-state index >= 15 is 0 Å². The Labute approximate surface area is 103 Å². The van der Waals surface area contributed by atoms with Gasteiger partial charge in [-0.15, -0.1) is 0 Å². The van der Waals surface area contributed by atoms with Crippen molar-refractivity contribution in [1.29, 1.82) is 0 Å². The first-order valence-electron chi connectivity index (χ1n) is 5.33. The van der Waals surface area contributed by atoms with Crippen LogP contribution in [0.25, 0.3) is 4.96 Å². The molecule has 0 radical (unpaired) electrons. The van der Waals surface area contributed by atoms with Crippen LogP contribution in [0.4, 0.5) is 0 Å². The Hall–Kier alpha value is -0.750. The highest BCUT2D eigenvalue weighted by atomic mass is 32.1. The minimum atomic E-state index is -3.26. The van der Waals surface area contributed by atoms with Gasteiger partial charge in [-0.05, 0) is 13.8 Å². The van der Waals surface area contributed by atoms with E-state index in [9.17, 15) is 4.57 Å². The Kier molecular flexibility index (Phi) is 3.63. The monoisotopic (exact) mass is 276 g/mol. The SMILES string of the molecule is CCOP(=O)(OCC)c1csc2n1nc[n+]2C. The van der Waals surface area contributed by atoms with Gasteiger partial charge < -0.3 is 9.05 Å². The molecule has 0 atom stereocenters. The summed E-state index contributed by atoms with van der Waals surface area (Å²) in [5.41, 5.74) is 0.488. The molecule has 0 saturated carbocycles. The van der Waals surface area contributed by atoms with Crippen molar-refractivity contribution in [3.8, 4) is 0 Å². The van der Waals surface area contributed by atoms with Crippen LogP contribution in [0, 0.1) is 0 Å². The van der Waals surface area contributed by atoms with Gasteiger partial charge >= 0.3 is 12.6 Å². The fourth-order valence-electron chi connectivity index (χ4n) is 1.51. The van der Waals surface area contributed by atoms with Crippen LogP contribution in [0.2, 0.25) is 0 Å². The van der Waals surface area contributed by atoms with E-state index in [2.05, 4.69) is 5.10 Å². The Morgan fingerprint density at radius 1 is 1.47 bits per heavy atom. The molecule has 0 spiro atoms. The van der Waals surface area contributed by atoms with Crippen molar-refractivity contribution in [3.63, 3.8) is 0 Å². The molecule has 0 amide bonds. The molecule has 0 unspecified atom stereocenters. The van der Waals surface area contributed by atoms with Gasteiger partial charge in [-0.25, -0.2) is 4.57 Å². The molecular weight excluding hydrogens is 261 g/mol. The Bertz CT molecular complexity index is 555. The van der Waals surface area contributed by atoms with Gasteiger partial charge in [-0.1, -0.05) is 15.9 Å². The first-order chi connectivity index (χ1) is 8.12. The highest BCUT2D eigenvalue weighted by Gasteiger charge is 2.36. The van der Waals surface area contributed by atoms with E-state index < -0.39 is 7.60 Å². The molecule has 0 aromatic carbocycles. The number of nitrogens with zero attached hydrogens (tertiary/aromatic N) is 3. The summed E-state index contributed by atoms with van der Waals surface area (Å²) in [6.07, 6.45) is 1.66. The maximum atomic E-state index is 12.6. The van der Waals surface area contributed by atoms with Crippen molar-refractivity contribution in [1.82, 2.24) is 9.61 Å². The molecule has 2 aromatic heterocycles. The summed E-state index contributed by atoms with van der Waals surface area (Å²) in [5.74, 6) is 0. The molecule has 0 fully saturated rings. The van der Waals surface area contributed by atoms with Crippen molar-refractivity contribution in [2.24, 2.45) is 7.05 Å². The van der Waals surface area contributed by atoms with E-state index in [1.54, 1.807) is 30.1 Å². The van der Waals surface area contributed by atoms with E-state index in [0.29, 0.717) is 18.6 Å². The third kappa shape index (κ3) is 2.15. The fraction of sp³-hybridized carbons (Fsp3) is 0.556. The second-order valence-corrected chi connectivity index (χ2v) is 6.17. The largest absolute Gasteiger partial charge is 0.397 e. The smallest absolute Gasteiger partial charge is 0.303 e. The van der Waals surface area contributed by atoms with Crippen LogP contribution in [0.5, 0.6) is 0 Å². The predicted molar refractivity (Wildman–Crippen MR) is 64.7 cm³/mol. The summed E-state index contributed by atoms with van der Waals surface area (Å²) >= 11 is 1.46. The molecule has 2 rings (SSSR count). The molecule has 0 aliphatic heterocycles. The minimum absolute atomic E-state index is 0.335. The van der Waals surface area contributed by atoms with Crippen LogP contribution in [0.15, 0.2) is 11.7 Å². The second kappa shape index (κ2) is 4.86. The van der Waals surface area contributed by atoms with Crippen LogP contribution < -0.4 is 10.0 Å². The molecule has 94 valence electrons. The maximum absolute atomic E-state index is 12.6. The molecule has 2 aromatic rings. The fourth-order valence-corrected chi connectivity index (χ4v) is 4.42. The van der Waals surface area contributed by atoms with Crippen LogP contribution >= 0.6 is 18.9 Å². The summed E-state index contributed by atoms with van der Waals surface area (Å²) in [5, 5.41) is 5.94. The predicted octanol–water partition coefficient (Wildman–Crippen LogP) is 1.11. The third-order valence-corrected chi connectivity index (χ3v) is 5.45. The molecule has 17 heavy (non-hydrogen) atoms. The lowest BCUT2D eigenvalue weighted by Crippen LogP contribution is -2.25.